The molecule has 1 aliphatic carbocycles. The number of carbonyl (C=O) groups is 2. The lowest BCUT2D eigenvalue weighted by Crippen LogP contribution is -2.45. The molecule has 7 heteroatoms. The number of nitrogens with two attached hydrogens (primary N) is 1. The van der Waals surface area contributed by atoms with Gasteiger partial charge in [-0.05, 0) is 35.2 Å². The monoisotopic (exact) mass is 439 g/mol. The van der Waals surface area contributed by atoms with Crippen LogP contribution in [0.2, 0.25) is 0 Å². The molecule has 33 heavy (non-hydrogen) atoms. The second-order valence-electron chi connectivity index (χ2n) is 8.32. The van der Waals surface area contributed by atoms with Crippen LogP contribution in [0.4, 0.5) is 10.5 Å². The second kappa shape index (κ2) is 10.4. The van der Waals surface area contributed by atoms with Crippen molar-refractivity contribution in [2.45, 2.75) is 37.5 Å². The highest BCUT2D eigenvalue weighted by atomic mass is 16.5. The fraction of sp³-hybridized carbons (Fsp3) is 0.231. The van der Waals surface area contributed by atoms with Gasteiger partial charge < -0.3 is 21.1 Å². The third kappa shape index (κ3) is 6.46. The van der Waals surface area contributed by atoms with Crippen molar-refractivity contribution in [2.24, 2.45) is 5.73 Å². The van der Waals surface area contributed by atoms with E-state index in [0.717, 1.165) is 17.5 Å². The molecule has 0 heterocycles. The van der Waals surface area contributed by atoms with Crippen LogP contribution >= 0.6 is 0 Å². The lowest BCUT2D eigenvalue weighted by atomic mass is 9.95. The van der Waals surface area contributed by atoms with E-state index in [0.29, 0.717) is 23.5 Å². The summed E-state index contributed by atoms with van der Waals surface area (Å²) in [5.74, 6) is 0.0808. The fourth-order valence-corrected chi connectivity index (χ4v) is 3.65. The third-order valence-electron chi connectivity index (χ3n) is 5.69. The number of nitrogens with one attached hydrogen (secondary N) is 2. The summed E-state index contributed by atoms with van der Waals surface area (Å²) in [6, 6.07) is 23.7. The van der Waals surface area contributed by atoms with E-state index in [1.807, 2.05) is 54.6 Å². The molecule has 1 saturated carbocycles. The van der Waals surface area contributed by atoms with Gasteiger partial charge in [0.15, 0.2) is 0 Å². The van der Waals surface area contributed by atoms with Crippen molar-refractivity contribution < 1.29 is 14.3 Å². The Labute approximate surface area is 194 Å². The van der Waals surface area contributed by atoms with Crippen LogP contribution < -0.4 is 21.8 Å². The van der Waals surface area contributed by atoms with Gasteiger partial charge in [0.05, 0.1) is 0 Å². The molecule has 3 atom stereocenters. The summed E-state index contributed by atoms with van der Waals surface area (Å²) in [6.45, 7) is 0.0799. The van der Waals surface area contributed by atoms with Crippen LogP contribution in [0.5, 0.6) is 0 Å². The highest BCUT2D eigenvalue weighted by molar-refractivity contribution is 6.32. The minimum atomic E-state index is -0.803. The second-order valence-corrected chi connectivity index (χ2v) is 8.32. The molecule has 3 aromatic carbocycles. The Kier molecular flexibility index (Phi) is 7.10. The lowest BCUT2D eigenvalue weighted by Gasteiger charge is -2.19. The molecule has 0 spiro atoms. The van der Waals surface area contributed by atoms with Gasteiger partial charge in [-0.25, -0.2) is 4.79 Å². The molecular formula is C26H26BN3O3. The number of anilines is 1. The van der Waals surface area contributed by atoms with Gasteiger partial charge in [0, 0.05) is 24.1 Å². The van der Waals surface area contributed by atoms with Crippen molar-refractivity contribution in [1.82, 2.24) is 5.32 Å². The van der Waals surface area contributed by atoms with E-state index in [9.17, 15) is 9.59 Å². The normalized spacial score (nSPS) is 17.6. The van der Waals surface area contributed by atoms with Gasteiger partial charge in [-0.1, -0.05) is 72.2 Å². The Morgan fingerprint density at radius 3 is 2.27 bits per heavy atom. The van der Waals surface area contributed by atoms with Gasteiger partial charge in [0.1, 0.15) is 20.5 Å². The van der Waals surface area contributed by atoms with Gasteiger partial charge in [-0.15, -0.1) is 0 Å². The SMILES string of the molecule is [B]c1ccc(COC(=O)NC(Cc2ccccc2)C(=O)Nc2ccc(C3CC3N)cc2)cc1. The number of benzene rings is 3. The van der Waals surface area contributed by atoms with Crippen LogP contribution in [0.25, 0.3) is 0 Å². The summed E-state index contributed by atoms with van der Waals surface area (Å²) in [7, 11) is 5.68. The number of hydrogen-bond donors (Lipinski definition) is 3. The molecule has 0 aromatic heterocycles. The van der Waals surface area contributed by atoms with E-state index in [1.165, 1.54) is 5.56 Å². The Morgan fingerprint density at radius 1 is 0.970 bits per heavy atom. The largest absolute Gasteiger partial charge is 0.445 e. The summed E-state index contributed by atoms with van der Waals surface area (Å²) in [5.41, 5.74) is 10.1. The molecule has 0 saturated heterocycles. The summed E-state index contributed by atoms with van der Waals surface area (Å²) in [4.78, 5) is 25.5. The molecule has 3 aromatic rings. The zero-order valence-corrected chi connectivity index (χ0v) is 18.2. The van der Waals surface area contributed by atoms with Crippen LogP contribution in [0.3, 0.4) is 0 Å². The highest BCUT2D eigenvalue weighted by Gasteiger charge is 2.34. The summed E-state index contributed by atoms with van der Waals surface area (Å²) >= 11 is 0. The van der Waals surface area contributed by atoms with Gasteiger partial charge in [-0.2, -0.15) is 0 Å². The number of amides is 2. The molecule has 0 aliphatic heterocycles. The summed E-state index contributed by atoms with van der Waals surface area (Å²) < 4.78 is 5.31. The number of rotatable bonds is 8. The zero-order valence-electron chi connectivity index (χ0n) is 18.2. The van der Waals surface area contributed by atoms with Crippen LogP contribution in [0.1, 0.15) is 29.0 Å². The molecular weight excluding hydrogens is 413 g/mol. The number of carbonyl (C=O) groups excluding carboxylic acids is 2. The fourth-order valence-electron chi connectivity index (χ4n) is 3.65. The Balaban J connectivity index is 1.39. The minimum absolute atomic E-state index is 0.0799. The van der Waals surface area contributed by atoms with Crippen molar-refractivity contribution >= 4 is 31.0 Å². The van der Waals surface area contributed by atoms with Crippen LogP contribution in [0, 0.1) is 0 Å². The van der Waals surface area contributed by atoms with Crippen LogP contribution in [0.15, 0.2) is 78.9 Å². The Hall–Kier alpha value is -3.58. The zero-order chi connectivity index (χ0) is 23.2. The van der Waals surface area contributed by atoms with Crippen molar-refractivity contribution in [3.05, 3.63) is 95.6 Å². The average molecular weight is 439 g/mol. The van der Waals surface area contributed by atoms with E-state index in [1.54, 1.807) is 24.3 Å². The Bertz CT molecular complexity index is 1090. The number of ether oxygens (including phenoxy) is 1. The smallest absolute Gasteiger partial charge is 0.408 e. The van der Waals surface area contributed by atoms with Crippen LogP contribution in [-0.2, 0) is 22.6 Å². The first-order valence-electron chi connectivity index (χ1n) is 11.0. The molecule has 2 amide bonds. The quantitative estimate of drug-likeness (QED) is 0.471. The molecule has 3 unspecified atom stereocenters. The van der Waals surface area contributed by atoms with E-state index in [4.69, 9.17) is 18.3 Å². The van der Waals surface area contributed by atoms with Crippen molar-refractivity contribution in [1.29, 1.82) is 0 Å². The van der Waals surface area contributed by atoms with E-state index in [-0.39, 0.29) is 18.6 Å². The Morgan fingerprint density at radius 2 is 1.64 bits per heavy atom. The van der Waals surface area contributed by atoms with Gasteiger partial charge in [0.25, 0.3) is 0 Å². The maximum atomic E-state index is 13.0. The molecule has 166 valence electrons. The van der Waals surface area contributed by atoms with Gasteiger partial charge in [-0.3, -0.25) is 4.79 Å². The lowest BCUT2D eigenvalue weighted by molar-refractivity contribution is -0.118. The first-order chi connectivity index (χ1) is 16.0. The van der Waals surface area contributed by atoms with E-state index in [2.05, 4.69) is 10.6 Å². The van der Waals surface area contributed by atoms with E-state index < -0.39 is 12.1 Å². The summed E-state index contributed by atoms with van der Waals surface area (Å²) in [5, 5.41) is 5.59. The van der Waals surface area contributed by atoms with Crippen molar-refractivity contribution in [3.8, 4) is 0 Å². The molecule has 2 radical (unpaired) electrons. The summed E-state index contributed by atoms with van der Waals surface area (Å²) in [6.07, 6.45) is 0.660. The maximum absolute atomic E-state index is 13.0. The van der Waals surface area contributed by atoms with Crippen molar-refractivity contribution in [2.75, 3.05) is 5.32 Å². The third-order valence-corrected chi connectivity index (χ3v) is 5.69. The van der Waals surface area contributed by atoms with Crippen molar-refractivity contribution in [3.63, 3.8) is 0 Å². The average Bonchev–Trinajstić information content (AvgIpc) is 3.56. The minimum Gasteiger partial charge on any atom is -0.445 e. The number of alkyl carbamates (subject to hydrolysis) is 1. The molecule has 4 N–H and O–H groups in total. The molecule has 0 bridgehead atoms. The molecule has 1 aliphatic rings. The topological polar surface area (TPSA) is 93.4 Å². The number of hydrogen-bond acceptors (Lipinski definition) is 4. The molecule has 1 fully saturated rings. The van der Waals surface area contributed by atoms with Gasteiger partial charge >= 0.3 is 6.09 Å². The maximum Gasteiger partial charge on any atom is 0.408 e. The van der Waals surface area contributed by atoms with Crippen LogP contribution in [-0.4, -0.2) is 31.9 Å². The predicted octanol–water partition coefficient (Wildman–Crippen LogP) is 2.77. The first kappa shape index (κ1) is 22.6. The van der Waals surface area contributed by atoms with Gasteiger partial charge in [0.2, 0.25) is 5.91 Å². The highest BCUT2D eigenvalue weighted by Crippen LogP contribution is 2.39. The standard InChI is InChI=1S/C26H26BN3O3/c27-20-10-6-18(7-11-20)16-33-26(32)30-24(14-17-4-2-1-3-5-17)25(31)29-21-12-8-19(9-13-21)22-15-23(22)28/h1-13,22-24H,14-16,28H2,(H,29,31)(H,30,32). The first-order valence-corrected chi connectivity index (χ1v) is 11.0. The predicted molar refractivity (Wildman–Crippen MR) is 129 cm³/mol. The molecule has 4 rings (SSSR count). The molecule has 6 nitrogen and oxygen atoms in total. The van der Waals surface area contributed by atoms with E-state index >= 15 is 0 Å².